The molecule has 0 bridgehead atoms. The van der Waals surface area contributed by atoms with E-state index in [1.807, 2.05) is 59.1 Å². The molecule has 0 saturated heterocycles. The van der Waals surface area contributed by atoms with E-state index in [0.717, 1.165) is 22.1 Å². The molecular formula is C44H34N4S2. The summed E-state index contributed by atoms with van der Waals surface area (Å²) in [5.41, 5.74) is 16.2. The number of nitrogens with zero attached hydrogens (tertiary/aromatic N) is 2. The molecule has 0 unspecified atom stereocenters. The minimum absolute atomic E-state index is 0.962. The Kier molecular flexibility index (Phi) is 7.37. The van der Waals surface area contributed by atoms with Gasteiger partial charge in [0.15, 0.2) is 0 Å². The van der Waals surface area contributed by atoms with Crippen molar-refractivity contribution < 1.29 is 0 Å². The number of benzene rings is 5. The van der Waals surface area contributed by atoms with Crippen LogP contribution in [0.1, 0.15) is 22.3 Å². The lowest BCUT2D eigenvalue weighted by Crippen LogP contribution is -2.07. The van der Waals surface area contributed by atoms with E-state index in [1.165, 1.54) is 84.9 Å². The summed E-state index contributed by atoms with van der Waals surface area (Å²) in [6.45, 7) is 8.81. The minimum Gasteiger partial charge on any atom is -0.278 e. The molecule has 242 valence electrons. The molecule has 9 aromatic rings. The summed E-state index contributed by atoms with van der Waals surface area (Å²) < 4.78 is 2.53. The number of aryl methyl sites for hydroxylation is 4. The second-order valence-electron chi connectivity index (χ2n) is 13.1. The summed E-state index contributed by atoms with van der Waals surface area (Å²) in [4.78, 5) is 2.49. The Morgan fingerprint density at radius 3 is 1.20 bits per heavy atom. The fourth-order valence-electron chi connectivity index (χ4n) is 7.15. The van der Waals surface area contributed by atoms with Gasteiger partial charge >= 0.3 is 0 Å². The number of para-hydroxylation sites is 2. The molecule has 6 heteroatoms. The van der Waals surface area contributed by atoms with E-state index < -0.39 is 0 Å². The van der Waals surface area contributed by atoms with Crippen LogP contribution < -0.4 is 21.6 Å². The first kappa shape index (κ1) is 30.5. The lowest BCUT2D eigenvalue weighted by Gasteiger charge is -2.08. The lowest BCUT2D eigenvalue weighted by atomic mass is 9.98. The average Bonchev–Trinajstić information content (AvgIpc) is 3.90. The van der Waals surface area contributed by atoms with Crippen LogP contribution in [0.25, 0.3) is 62.6 Å². The summed E-state index contributed by atoms with van der Waals surface area (Å²) in [7, 11) is 0. The maximum absolute atomic E-state index is 5.17. The number of hydrogen-bond acceptors (Lipinski definition) is 6. The predicted octanol–water partition coefficient (Wildman–Crippen LogP) is 11.7. The van der Waals surface area contributed by atoms with Gasteiger partial charge < -0.3 is 0 Å². The summed E-state index contributed by atoms with van der Waals surface area (Å²) in [5.74, 6) is 0. The highest BCUT2D eigenvalue weighted by Gasteiger charge is 2.25. The molecule has 0 aliphatic heterocycles. The molecule has 50 heavy (non-hydrogen) atoms. The first-order valence-electron chi connectivity index (χ1n) is 16.8. The van der Waals surface area contributed by atoms with Gasteiger partial charge in [0.1, 0.15) is 10.7 Å². The molecule has 2 heterocycles. The zero-order chi connectivity index (χ0) is 33.9. The van der Waals surface area contributed by atoms with Crippen molar-refractivity contribution in [2.45, 2.75) is 27.7 Å². The maximum atomic E-state index is 5.17. The molecule has 0 atom stereocenters. The van der Waals surface area contributed by atoms with Crippen LogP contribution in [-0.2, 0) is 0 Å². The van der Waals surface area contributed by atoms with Gasteiger partial charge in [-0.05, 0) is 86.3 Å². The summed E-state index contributed by atoms with van der Waals surface area (Å²) in [5, 5.41) is 19.6. The highest BCUT2D eigenvalue weighted by atomic mass is 32.1. The van der Waals surface area contributed by atoms with Gasteiger partial charge in [-0.1, -0.05) is 96.1 Å². The van der Waals surface area contributed by atoms with Crippen molar-refractivity contribution in [1.82, 2.24) is 0 Å². The molecule has 0 radical (unpaired) electrons. The zero-order valence-electron chi connectivity index (χ0n) is 28.3. The Labute approximate surface area is 298 Å². The smallest absolute Gasteiger partial charge is 0.100 e. The maximum Gasteiger partial charge on any atom is 0.100 e. The minimum atomic E-state index is 0.962. The molecule has 7 aromatic carbocycles. The van der Waals surface area contributed by atoms with Crippen molar-refractivity contribution in [2.24, 2.45) is 10.2 Å². The first-order valence-corrected chi connectivity index (χ1v) is 18.5. The molecule has 2 aromatic heterocycles. The van der Waals surface area contributed by atoms with E-state index >= 15 is 0 Å². The van der Waals surface area contributed by atoms with E-state index in [1.54, 1.807) is 0 Å². The topological polar surface area (TPSA) is 48.8 Å². The standard InChI is InChI=1S/C44H34N4S2/c1-25-15-19-29(20-16-25)35-23-33-41(47-45-31-11-7-5-8-12-31)37-28(4)40-38(27(3)39(37)43(33)49-35)42(48-46-32-13-9-6-10-14-32)34-24-36(50-44(34)40)30-21-17-26(2)18-22-30/h5-24,45-46H,1-4H3/b47-41-,48-42-. The monoisotopic (exact) mass is 682 g/mol. The van der Waals surface area contributed by atoms with Crippen LogP contribution in [0.4, 0.5) is 11.4 Å². The van der Waals surface area contributed by atoms with Crippen molar-refractivity contribution in [1.29, 1.82) is 0 Å². The van der Waals surface area contributed by atoms with E-state index in [4.69, 9.17) is 10.2 Å². The van der Waals surface area contributed by atoms with Crippen LogP contribution in [0.2, 0.25) is 0 Å². The number of rotatable bonds is 6. The third-order valence-electron chi connectivity index (χ3n) is 9.72. The Balaban J connectivity index is 1.38. The molecule has 0 spiro atoms. The Morgan fingerprint density at radius 1 is 0.440 bits per heavy atom. The normalized spacial score (nSPS) is 12.6. The van der Waals surface area contributed by atoms with Crippen molar-refractivity contribution in [3.05, 3.63) is 154 Å². The fourth-order valence-corrected chi connectivity index (χ4v) is 9.70. The van der Waals surface area contributed by atoms with Crippen LogP contribution >= 0.6 is 22.7 Å². The number of fused-ring (bicyclic) bond motifs is 6. The Morgan fingerprint density at radius 2 is 0.820 bits per heavy atom. The van der Waals surface area contributed by atoms with E-state index in [0.29, 0.717) is 0 Å². The largest absolute Gasteiger partial charge is 0.278 e. The van der Waals surface area contributed by atoms with Crippen LogP contribution in [0.3, 0.4) is 0 Å². The van der Waals surface area contributed by atoms with Crippen LogP contribution in [0, 0.1) is 27.7 Å². The van der Waals surface area contributed by atoms with Crippen molar-refractivity contribution in [3.63, 3.8) is 0 Å². The van der Waals surface area contributed by atoms with E-state index in [-0.39, 0.29) is 0 Å². The highest BCUT2D eigenvalue weighted by Crippen LogP contribution is 2.45. The second-order valence-corrected chi connectivity index (χ2v) is 15.2. The molecule has 9 rings (SSSR count). The number of thiophene rings is 2. The fraction of sp³-hybridized carbons (Fsp3) is 0.0909. The SMILES string of the molecule is Cc1ccc(-c2cc3/c(=N/Nc4ccccc4)c4c(C)c5c(c(C)c4c3s2)/c(=N\Nc2ccccc2)c2cc(-c3ccc(C)cc3)sc25)cc1. The lowest BCUT2D eigenvalue weighted by molar-refractivity contribution is 1.25. The van der Waals surface area contributed by atoms with Gasteiger partial charge in [-0.25, -0.2) is 0 Å². The third kappa shape index (κ3) is 5.02. The molecule has 0 saturated carbocycles. The molecular weight excluding hydrogens is 649 g/mol. The molecule has 0 fully saturated rings. The Hall–Kier alpha value is -5.56. The van der Waals surface area contributed by atoms with Crippen molar-refractivity contribution in [3.8, 4) is 20.9 Å². The molecule has 2 N–H and O–H groups in total. The van der Waals surface area contributed by atoms with Gasteiger partial charge in [-0.15, -0.1) is 22.7 Å². The van der Waals surface area contributed by atoms with Crippen molar-refractivity contribution >= 4 is 75.8 Å². The Bertz CT molecular complexity index is 2620. The number of anilines is 2. The quantitative estimate of drug-likeness (QED) is 0.172. The summed E-state index contributed by atoms with van der Waals surface area (Å²) >= 11 is 3.71. The van der Waals surface area contributed by atoms with Gasteiger partial charge in [0.05, 0.1) is 11.4 Å². The van der Waals surface area contributed by atoms with Crippen LogP contribution in [0.15, 0.2) is 132 Å². The van der Waals surface area contributed by atoms with Crippen LogP contribution in [0.5, 0.6) is 0 Å². The number of nitrogens with one attached hydrogen (secondary N) is 2. The highest BCUT2D eigenvalue weighted by molar-refractivity contribution is 7.24. The average molecular weight is 683 g/mol. The number of hydrogen-bond donors (Lipinski definition) is 2. The third-order valence-corrected chi connectivity index (χ3v) is 12.1. The van der Waals surface area contributed by atoms with Gasteiger partial charge in [-0.2, -0.15) is 10.2 Å². The van der Waals surface area contributed by atoms with Gasteiger partial charge in [-0.3, -0.25) is 10.9 Å². The summed E-state index contributed by atoms with van der Waals surface area (Å²) in [6, 6.07) is 42.7. The van der Waals surface area contributed by atoms with Crippen molar-refractivity contribution in [2.75, 3.05) is 10.9 Å². The van der Waals surface area contributed by atoms with Gasteiger partial charge in [0.2, 0.25) is 0 Å². The zero-order valence-corrected chi connectivity index (χ0v) is 29.9. The second kappa shape index (κ2) is 12.1. The summed E-state index contributed by atoms with van der Waals surface area (Å²) in [6.07, 6.45) is 0. The molecule has 0 aliphatic carbocycles. The van der Waals surface area contributed by atoms with Gasteiger partial charge in [0, 0.05) is 51.5 Å². The molecule has 0 aliphatic rings. The first-order chi connectivity index (χ1) is 24.4. The van der Waals surface area contributed by atoms with Crippen LogP contribution in [-0.4, -0.2) is 0 Å². The van der Waals surface area contributed by atoms with E-state index in [9.17, 15) is 0 Å². The van der Waals surface area contributed by atoms with E-state index in [2.05, 4.69) is 123 Å². The molecule has 0 amide bonds. The van der Waals surface area contributed by atoms with Gasteiger partial charge in [0.25, 0.3) is 0 Å². The molecule has 4 nitrogen and oxygen atoms in total. The predicted molar refractivity (Wildman–Crippen MR) is 216 cm³/mol.